The van der Waals surface area contributed by atoms with E-state index in [0.29, 0.717) is 29.4 Å². The first kappa shape index (κ1) is 20.7. The lowest BCUT2D eigenvalue weighted by Crippen LogP contribution is -2.13. The number of hydrogen-bond acceptors (Lipinski definition) is 4. The second-order valence-corrected chi connectivity index (χ2v) is 6.67. The van der Waals surface area contributed by atoms with Crippen LogP contribution in [0.3, 0.4) is 0 Å². The van der Waals surface area contributed by atoms with Crippen molar-refractivity contribution in [3.05, 3.63) is 95.1 Å². The molecule has 1 N–H and O–H groups in total. The molecule has 30 heavy (non-hydrogen) atoms. The Morgan fingerprint density at radius 2 is 1.77 bits per heavy atom. The highest BCUT2D eigenvalue weighted by molar-refractivity contribution is 6.09. The summed E-state index contributed by atoms with van der Waals surface area (Å²) < 4.78 is 11.3. The molecule has 0 aromatic heterocycles. The summed E-state index contributed by atoms with van der Waals surface area (Å²) in [5.74, 6) is 0.640. The number of methoxy groups -OCH3 is 1. The van der Waals surface area contributed by atoms with Crippen molar-refractivity contribution < 1.29 is 14.3 Å². The van der Waals surface area contributed by atoms with Crippen LogP contribution in [0, 0.1) is 18.3 Å². The second-order valence-electron chi connectivity index (χ2n) is 6.67. The van der Waals surface area contributed by atoms with Crippen molar-refractivity contribution in [1.82, 2.24) is 0 Å². The van der Waals surface area contributed by atoms with Gasteiger partial charge in [-0.1, -0.05) is 54.1 Å². The predicted molar refractivity (Wildman–Crippen MR) is 117 cm³/mol. The zero-order chi connectivity index (χ0) is 21.3. The zero-order valence-corrected chi connectivity index (χ0v) is 16.9. The zero-order valence-electron chi connectivity index (χ0n) is 16.9. The normalized spacial score (nSPS) is 10.8. The van der Waals surface area contributed by atoms with Gasteiger partial charge in [-0.15, -0.1) is 0 Å². The van der Waals surface area contributed by atoms with Gasteiger partial charge in [0.25, 0.3) is 5.91 Å². The van der Waals surface area contributed by atoms with Gasteiger partial charge >= 0.3 is 0 Å². The number of nitriles is 1. The van der Waals surface area contributed by atoms with Crippen LogP contribution in [0.4, 0.5) is 5.69 Å². The first-order chi connectivity index (χ1) is 14.6. The van der Waals surface area contributed by atoms with Gasteiger partial charge in [0.1, 0.15) is 18.2 Å². The van der Waals surface area contributed by atoms with Crippen molar-refractivity contribution in [2.45, 2.75) is 13.5 Å². The number of para-hydroxylation sites is 1. The Balaban J connectivity index is 1.74. The minimum Gasteiger partial charge on any atom is -0.493 e. The molecule has 0 aliphatic carbocycles. The highest BCUT2D eigenvalue weighted by atomic mass is 16.5. The van der Waals surface area contributed by atoms with E-state index in [1.165, 1.54) is 11.6 Å². The van der Waals surface area contributed by atoms with Gasteiger partial charge in [-0.05, 0) is 48.4 Å². The van der Waals surface area contributed by atoms with E-state index in [4.69, 9.17) is 9.47 Å². The Hall–Kier alpha value is -4.04. The third kappa shape index (κ3) is 5.49. The van der Waals surface area contributed by atoms with E-state index < -0.39 is 5.91 Å². The van der Waals surface area contributed by atoms with E-state index in [1.54, 1.807) is 37.4 Å². The molecule has 3 aromatic rings. The largest absolute Gasteiger partial charge is 0.493 e. The van der Waals surface area contributed by atoms with E-state index in [1.807, 2.05) is 55.5 Å². The molecule has 0 radical (unpaired) electrons. The Labute approximate surface area is 176 Å². The number of aryl methyl sites for hydroxylation is 1. The maximum Gasteiger partial charge on any atom is 0.266 e. The van der Waals surface area contributed by atoms with Crippen molar-refractivity contribution >= 4 is 17.7 Å². The Kier molecular flexibility index (Phi) is 6.86. The third-order valence-electron chi connectivity index (χ3n) is 4.41. The fraction of sp³-hybridized carbons (Fsp3) is 0.120. The molecule has 5 heteroatoms. The molecule has 150 valence electrons. The average Bonchev–Trinajstić information content (AvgIpc) is 2.78. The quantitative estimate of drug-likeness (QED) is 0.442. The van der Waals surface area contributed by atoms with Crippen LogP contribution in [0.15, 0.2) is 78.4 Å². The molecule has 0 saturated carbocycles. The van der Waals surface area contributed by atoms with E-state index in [-0.39, 0.29) is 5.57 Å². The molecule has 1 amide bonds. The number of rotatable bonds is 7. The van der Waals surface area contributed by atoms with Crippen LogP contribution in [0.1, 0.15) is 16.7 Å². The molecule has 5 nitrogen and oxygen atoms in total. The molecular formula is C25H22N2O3. The first-order valence-electron chi connectivity index (χ1n) is 9.43. The smallest absolute Gasteiger partial charge is 0.266 e. The summed E-state index contributed by atoms with van der Waals surface area (Å²) in [6.07, 6.45) is 1.52. The van der Waals surface area contributed by atoms with E-state index in [0.717, 1.165) is 5.56 Å². The molecule has 3 rings (SSSR count). The van der Waals surface area contributed by atoms with Crippen LogP contribution >= 0.6 is 0 Å². The lowest BCUT2D eigenvalue weighted by Gasteiger charge is -2.12. The number of ether oxygens (including phenoxy) is 2. The van der Waals surface area contributed by atoms with Crippen LogP contribution < -0.4 is 14.8 Å². The molecule has 0 fully saturated rings. The number of nitrogens with zero attached hydrogens (tertiary/aromatic N) is 1. The van der Waals surface area contributed by atoms with Gasteiger partial charge in [0.2, 0.25) is 0 Å². The molecule has 0 spiro atoms. The van der Waals surface area contributed by atoms with Crippen molar-refractivity contribution in [1.29, 1.82) is 5.26 Å². The van der Waals surface area contributed by atoms with E-state index >= 15 is 0 Å². The van der Waals surface area contributed by atoms with Crippen molar-refractivity contribution in [3.8, 4) is 17.6 Å². The summed E-state index contributed by atoms with van der Waals surface area (Å²) in [4.78, 5) is 12.4. The number of carbonyl (C=O) groups excluding carboxylic acids is 1. The maximum absolute atomic E-state index is 12.4. The minimum atomic E-state index is -0.470. The first-order valence-corrected chi connectivity index (χ1v) is 9.43. The fourth-order valence-corrected chi connectivity index (χ4v) is 2.77. The van der Waals surface area contributed by atoms with Crippen LogP contribution in [0.2, 0.25) is 0 Å². The molecular weight excluding hydrogens is 376 g/mol. The van der Waals surface area contributed by atoms with Crippen LogP contribution in [-0.4, -0.2) is 13.0 Å². The topological polar surface area (TPSA) is 71.3 Å². The SMILES string of the molecule is COc1cc(/C=C(/C#N)C(=O)Nc2ccccc2)ccc1OCc1ccc(C)cc1. The van der Waals surface area contributed by atoms with E-state index in [9.17, 15) is 10.1 Å². The lowest BCUT2D eigenvalue weighted by atomic mass is 10.1. The molecule has 0 heterocycles. The molecule has 0 atom stereocenters. The van der Waals surface area contributed by atoms with Crippen molar-refractivity contribution in [2.24, 2.45) is 0 Å². The van der Waals surface area contributed by atoms with E-state index in [2.05, 4.69) is 5.32 Å². The number of nitrogens with one attached hydrogen (secondary N) is 1. The van der Waals surface area contributed by atoms with Gasteiger partial charge in [0.15, 0.2) is 11.5 Å². The second kappa shape index (κ2) is 9.94. The fourth-order valence-electron chi connectivity index (χ4n) is 2.77. The van der Waals surface area contributed by atoms with Gasteiger partial charge in [-0.3, -0.25) is 4.79 Å². The van der Waals surface area contributed by atoms with Gasteiger partial charge in [0.05, 0.1) is 7.11 Å². The minimum absolute atomic E-state index is 0.00534. The Morgan fingerprint density at radius 1 is 1.03 bits per heavy atom. The molecule has 0 saturated heterocycles. The number of hydrogen-bond donors (Lipinski definition) is 1. The molecule has 0 aliphatic heterocycles. The van der Waals surface area contributed by atoms with Crippen LogP contribution in [0.5, 0.6) is 11.5 Å². The highest BCUT2D eigenvalue weighted by Gasteiger charge is 2.11. The molecule has 0 aliphatic rings. The number of benzene rings is 3. The molecule has 0 unspecified atom stereocenters. The van der Waals surface area contributed by atoms with Gasteiger partial charge < -0.3 is 14.8 Å². The van der Waals surface area contributed by atoms with Crippen molar-refractivity contribution in [3.63, 3.8) is 0 Å². The summed E-state index contributed by atoms with van der Waals surface area (Å²) in [7, 11) is 1.55. The highest BCUT2D eigenvalue weighted by Crippen LogP contribution is 2.29. The standard InChI is InChI=1S/C25H22N2O3/c1-18-8-10-19(11-9-18)17-30-23-13-12-20(15-24(23)29-2)14-21(16-26)25(28)27-22-6-4-3-5-7-22/h3-15H,17H2,1-2H3,(H,27,28)/b21-14-. The number of anilines is 1. The summed E-state index contributed by atoms with van der Waals surface area (Å²) >= 11 is 0. The van der Waals surface area contributed by atoms with Crippen LogP contribution in [-0.2, 0) is 11.4 Å². The summed E-state index contributed by atoms with van der Waals surface area (Å²) in [6.45, 7) is 2.45. The average molecular weight is 398 g/mol. The number of amides is 1. The maximum atomic E-state index is 12.4. The lowest BCUT2D eigenvalue weighted by molar-refractivity contribution is -0.112. The molecule has 0 bridgehead atoms. The molecule has 3 aromatic carbocycles. The van der Waals surface area contributed by atoms with Gasteiger partial charge in [0, 0.05) is 5.69 Å². The van der Waals surface area contributed by atoms with Crippen LogP contribution in [0.25, 0.3) is 6.08 Å². The monoisotopic (exact) mass is 398 g/mol. The van der Waals surface area contributed by atoms with Gasteiger partial charge in [-0.2, -0.15) is 5.26 Å². The Morgan fingerprint density at radius 3 is 2.43 bits per heavy atom. The summed E-state index contributed by atoms with van der Waals surface area (Å²) in [5.41, 5.74) is 3.53. The summed E-state index contributed by atoms with van der Waals surface area (Å²) in [6, 6.07) is 24.3. The van der Waals surface area contributed by atoms with Crippen molar-refractivity contribution in [2.75, 3.05) is 12.4 Å². The van der Waals surface area contributed by atoms with Gasteiger partial charge in [-0.25, -0.2) is 0 Å². The third-order valence-corrected chi connectivity index (χ3v) is 4.41. The Bertz CT molecular complexity index is 1080. The number of carbonyl (C=O) groups is 1. The summed E-state index contributed by atoms with van der Waals surface area (Å²) in [5, 5.41) is 12.1. The predicted octanol–water partition coefficient (Wildman–Crippen LogP) is 5.13.